The number of ether oxygens (including phenoxy) is 1. The molecule has 0 saturated carbocycles. The maximum absolute atomic E-state index is 8.58. The molecule has 5 heteroatoms. The van der Waals surface area contributed by atoms with Gasteiger partial charge in [0.05, 0.1) is 5.60 Å². The number of rotatable bonds is 7. The molecule has 0 spiro atoms. The quantitative estimate of drug-likeness (QED) is 0.303. The molecule has 0 saturated heterocycles. The van der Waals surface area contributed by atoms with Gasteiger partial charge in [-0.05, 0) is 26.3 Å². The summed E-state index contributed by atoms with van der Waals surface area (Å²) in [6, 6.07) is 7.57. The van der Waals surface area contributed by atoms with Crippen molar-refractivity contribution >= 4 is 5.84 Å². The summed E-state index contributed by atoms with van der Waals surface area (Å²) in [7, 11) is 0. The standard InChI is InChI=1S/C14H23N3O2/c1-4-19-14(2,3)10-16-9-11-5-7-12(8-6-11)13(15)17-18/h5-8,16,18H,4,9-10H2,1-3H3,(H2,15,17). The molecule has 1 aromatic rings. The van der Waals surface area contributed by atoms with Crippen LogP contribution in [0, 0.1) is 0 Å². The SMILES string of the molecule is CCOC(C)(C)CNCc1ccc(/C(N)=N/O)cc1. The minimum Gasteiger partial charge on any atom is -0.409 e. The van der Waals surface area contributed by atoms with Gasteiger partial charge in [0.15, 0.2) is 5.84 Å². The summed E-state index contributed by atoms with van der Waals surface area (Å²) in [5.74, 6) is 0.122. The van der Waals surface area contributed by atoms with Gasteiger partial charge in [0, 0.05) is 25.3 Å². The van der Waals surface area contributed by atoms with E-state index < -0.39 is 0 Å². The summed E-state index contributed by atoms with van der Waals surface area (Å²) < 4.78 is 5.61. The molecule has 0 radical (unpaired) electrons. The predicted molar refractivity (Wildman–Crippen MR) is 76.4 cm³/mol. The lowest BCUT2D eigenvalue weighted by atomic mass is 10.1. The van der Waals surface area contributed by atoms with Crippen molar-refractivity contribution < 1.29 is 9.94 Å². The van der Waals surface area contributed by atoms with E-state index in [0.29, 0.717) is 12.2 Å². The van der Waals surface area contributed by atoms with Crippen LogP contribution >= 0.6 is 0 Å². The van der Waals surface area contributed by atoms with E-state index in [9.17, 15) is 0 Å². The zero-order valence-corrected chi connectivity index (χ0v) is 11.8. The van der Waals surface area contributed by atoms with Crippen LogP contribution in [0.4, 0.5) is 0 Å². The Morgan fingerprint density at radius 1 is 1.37 bits per heavy atom. The van der Waals surface area contributed by atoms with Crippen LogP contribution < -0.4 is 11.1 Å². The largest absolute Gasteiger partial charge is 0.409 e. The second-order valence-electron chi connectivity index (χ2n) is 4.98. The summed E-state index contributed by atoms with van der Waals surface area (Å²) in [4.78, 5) is 0. The Labute approximate surface area is 114 Å². The van der Waals surface area contributed by atoms with Gasteiger partial charge < -0.3 is 21.0 Å². The van der Waals surface area contributed by atoms with Gasteiger partial charge in [0.2, 0.25) is 0 Å². The molecule has 0 aliphatic heterocycles. The fourth-order valence-corrected chi connectivity index (χ4v) is 1.80. The summed E-state index contributed by atoms with van der Waals surface area (Å²) in [6.45, 7) is 8.36. The molecule has 0 aromatic heterocycles. The predicted octanol–water partition coefficient (Wildman–Crippen LogP) is 1.69. The molecular weight excluding hydrogens is 242 g/mol. The number of nitrogens with zero attached hydrogens (tertiary/aromatic N) is 1. The lowest BCUT2D eigenvalue weighted by Gasteiger charge is -2.25. The number of benzene rings is 1. The molecule has 0 amide bonds. The molecule has 19 heavy (non-hydrogen) atoms. The third-order valence-electron chi connectivity index (χ3n) is 2.77. The summed E-state index contributed by atoms with van der Waals surface area (Å²) >= 11 is 0. The Kier molecular flexibility index (Phi) is 5.79. The molecule has 0 bridgehead atoms. The molecule has 5 nitrogen and oxygen atoms in total. The van der Waals surface area contributed by atoms with Gasteiger partial charge in [0.25, 0.3) is 0 Å². The van der Waals surface area contributed by atoms with E-state index in [1.807, 2.05) is 31.2 Å². The molecule has 106 valence electrons. The molecule has 0 unspecified atom stereocenters. The van der Waals surface area contributed by atoms with Crippen LogP contribution in [0.1, 0.15) is 31.9 Å². The number of nitrogens with one attached hydrogen (secondary N) is 1. The number of amidine groups is 1. The lowest BCUT2D eigenvalue weighted by Crippen LogP contribution is -2.37. The van der Waals surface area contributed by atoms with Gasteiger partial charge in [-0.3, -0.25) is 0 Å². The smallest absolute Gasteiger partial charge is 0.170 e. The molecule has 1 aromatic carbocycles. The molecule has 1 rings (SSSR count). The van der Waals surface area contributed by atoms with Crippen LogP contribution in [0.3, 0.4) is 0 Å². The van der Waals surface area contributed by atoms with Crippen molar-refractivity contribution in [2.45, 2.75) is 32.9 Å². The molecular formula is C14H23N3O2. The van der Waals surface area contributed by atoms with Crippen LogP contribution in [-0.2, 0) is 11.3 Å². The Bertz CT molecular complexity index is 413. The van der Waals surface area contributed by atoms with Gasteiger partial charge in [0.1, 0.15) is 0 Å². The van der Waals surface area contributed by atoms with Crippen LogP contribution in [0.5, 0.6) is 0 Å². The van der Waals surface area contributed by atoms with E-state index in [4.69, 9.17) is 15.7 Å². The Balaban J connectivity index is 2.46. The van der Waals surface area contributed by atoms with Crippen molar-refractivity contribution in [2.75, 3.05) is 13.2 Å². The maximum Gasteiger partial charge on any atom is 0.170 e. The average Bonchev–Trinajstić information content (AvgIpc) is 2.38. The maximum atomic E-state index is 8.58. The first-order chi connectivity index (χ1) is 8.98. The fourth-order valence-electron chi connectivity index (χ4n) is 1.80. The number of nitrogens with two attached hydrogens (primary N) is 1. The molecule has 4 N–H and O–H groups in total. The highest BCUT2D eigenvalue weighted by molar-refractivity contribution is 5.96. The Morgan fingerprint density at radius 3 is 2.53 bits per heavy atom. The molecule has 0 fully saturated rings. The fraction of sp³-hybridized carbons (Fsp3) is 0.500. The number of hydrogen-bond acceptors (Lipinski definition) is 4. The van der Waals surface area contributed by atoms with E-state index in [2.05, 4.69) is 24.3 Å². The molecule has 0 heterocycles. The Morgan fingerprint density at radius 2 is 2.00 bits per heavy atom. The van der Waals surface area contributed by atoms with Crippen LogP contribution in [0.2, 0.25) is 0 Å². The minimum atomic E-state index is -0.164. The molecule has 0 aliphatic carbocycles. The topological polar surface area (TPSA) is 79.9 Å². The van der Waals surface area contributed by atoms with Crippen molar-refractivity contribution in [3.05, 3.63) is 35.4 Å². The first-order valence-corrected chi connectivity index (χ1v) is 6.40. The highest BCUT2D eigenvalue weighted by Gasteiger charge is 2.16. The van der Waals surface area contributed by atoms with Gasteiger partial charge in [-0.2, -0.15) is 0 Å². The van der Waals surface area contributed by atoms with E-state index >= 15 is 0 Å². The van der Waals surface area contributed by atoms with E-state index in [-0.39, 0.29) is 11.4 Å². The van der Waals surface area contributed by atoms with Crippen molar-refractivity contribution in [2.24, 2.45) is 10.9 Å². The third-order valence-corrected chi connectivity index (χ3v) is 2.77. The first kappa shape index (κ1) is 15.5. The zero-order chi connectivity index (χ0) is 14.3. The lowest BCUT2D eigenvalue weighted by molar-refractivity contribution is -0.00897. The van der Waals surface area contributed by atoms with Gasteiger partial charge in [-0.25, -0.2) is 0 Å². The minimum absolute atomic E-state index is 0.122. The Hall–Kier alpha value is -1.59. The van der Waals surface area contributed by atoms with Crippen molar-refractivity contribution in [1.82, 2.24) is 5.32 Å². The van der Waals surface area contributed by atoms with Crippen molar-refractivity contribution in [3.8, 4) is 0 Å². The van der Waals surface area contributed by atoms with E-state index in [0.717, 1.165) is 18.7 Å². The monoisotopic (exact) mass is 265 g/mol. The van der Waals surface area contributed by atoms with E-state index in [1.54, 1.807) is 0 Å². The number of hydrogen-bond donors (Lipinski definition) is 3. The van der Waals surface area contributed by atoms with Gasteiger partial charge in [-0.15, -0.1) is 0 Å². The third kappa shape index (κ3) is 5.28. The van der Waals surface area contributed by atoms with Crippen LogP contribution in [-0.4, -0.2) is 29.8 Å². The summed E-state index contributed by atoms with van der Waals surface area (Å²) in [5, 5.41) is 14.9. The highest BCUT2D eigenvalue weighted by atomic mass is 16.5. The second-order valence-corrected chi connectivity index (χ2v) is 4.98. The van der Waals surface area contributed by atoms with Crippen LogP contribution in [0.25, 0.3) is 0 Å². The zero-order valence-electron chi connectivity index (χ0n) is 11.8. The second kappa shape index (κ2) is 7.11. The molecule has 0 aliphatic rings. The summed E-state index contributed by atoms with van der Waals surface area (Å²) in [5.41, 5.74) is 7.19. The number of oxime groups is 1. The average molecular weight is 265 g/mol. The van der Waals surface area contributed by atoms with Gasteiger partial charge >= 0.3 is 0 Å². The molecule has 0 atom stereocenters. The van der Waals surface area contributed by atoms with Crippen molar-refractivity contribution in [3.63, 3.8) is 0 Å². The van der Waals surface area contributed by atoms with Crippen molar-refractivity contribution in [1.29, 1.82) is 0 Å². The highest BCUT2D eigenvalue weighted by Crippen LogP contribution is 2.08. The normalized spacial score (nSPS) is 12.7. The van der Waals surface area contributed by atoms with Crippen LogP contribution in [0.15, 0.2) is 29.4 Å². The van der Waals surface area contributed by atoms with Gasteiger partial charge in [-0.1, -0.05) is 29.4 Å². The first-order valence-electron chi connectivity index (χ1n) is 6.40. The van der Waals surface area contributed by atoms with E-state index in [1.165, 1.54) is 0 Å². The summed E-state index contributed by atoms with van der Waals surface area (Å²) in [6.07, 6.45) is 0.